The van der Waals surface area contributed by atoms with Crippen molar-refractivity contribution >= 4 is 0 Å². The molecule has 0 spiro atoms. The van der Waals surface area contributed by atoms with Gasteiger partial charge in [-0.25, -0.2) is 0 Å². The lowest BCUT2D eigenvalue weighted by Crippen LogP contribution is -2.30. The first-order valence-electron chi connectivity index (χ1n) is 8.49. The van der Waals surface area contributed by atoms with E-state index in [4.69, 9.17) is 9.68 Å². The standard InChI is InChI=1S/C7H15N3O2.C7H17N3O2/c1-7(2)12-8-10(11)9-5-3-4-6-9;1-5-9(6-2)10(11)8-12-7(3)4/h7H,3-6H2,1-2H3;7H,5-6H2,1-4H3/b2*10-8-. The van der Waals surface area contributed by atoms with Crippen molar-refractivity contribution in [1.29, 1.82) is 0 Å². The maximum atomic E-state index is 11.1. The smallest absolute Gasteiger partial charge is 0.233 e. The van der Waals surface area contributed by atoms with Crippen LogP contribution in [-0.2, 0) is 9.68 Å². The fourth-order valence-electron chi connectivity index (χ4n) is 1.71. The molecule has 1 saturated heterocycles. The van der Waals surface area contributed by atoms with Crippen molar-refractivity contribution in [3.05, 3.63) is 10.4 Å². The molecule has 0 unspecified atom stereocenters. The van der Waals surface area contributed by atoms with Crippen LogP contribution in [-0.4, -0.2) is 58.3 Å². The molecule has 0 atom stereocenters. The van der Waals surface area contributed by atoms with Gasteiger partial charge in [0, 0.05) is 0 Å². The maximum Gasteiger partial charge on any atom is 0.233 e. The fraction of sp³-hybridized carbons (Fsp3) is 1.00. The van der Waals surface area contributed by atoms with Crippen LogP contribution < -0.4 is 0 Å². The molecule has 0 amide bonds. The predicted molar refractivity (Wildman–Crippen MR) is 88.3 cm³/mol. The van der Waals surface area contributed by atoms with Crippen LogP contribution in [0.25, 0.3) is 0 Å². The summed E-state index contributed by atoms with van der Waals surface area (Å²) in [5.41, 5.74) is 0. The molecule has 1 fully saturated rings. The van der Waals surface area contributed by atoms with Gasteiger partial charge in [0.2, 0.25) is 10.6 Å². The molecule has 1 heterocycles. The third-order valence-corrected chi connectivity index (χ3v) is 2.95. The molecule has 24 heavy (non-hydrogen) atoms. The largest absolute Gasteiger partial charge is 0.569 e. The molecule has 0 N–H and O–H groups in total. The predicted octanol–water partition coefficient (Wildman–Crippen LogP) is 2.85. The Labute approximate surface area is 144 Å². The Kier molecular flexibility index (Phi) is 11.4. The molecular formula is C14H32N6O4. The van der Waals surface area contributed by atoms with Crippen LogP contribution in [0.3, 0.4) is 0 Å². The van der Waals surface area contributed by atoms with Crippen molar-refractivity contribution in [2.24, 2.45) is 10.6 Å². The summed E-state index contributed by atoms with van der Waals surface area (Å²) in [5.74, 6) is 0. The lowest BCUT2D eigenvalue weighted by Gasteiger charge is -2.13. The van der Waals surface area contributed by atoms with Crippen molar-refractivity contribution in [2.45, 2.75) is 66.6 Å². The second-order valence-electron chi connectivity index (χ2n) is 5.78. The first-order valence-corrected chi connectivity index (χ1v) is 8.49. The molecule has 1 rings (SSSR count). The lowest BCUT2D eigenvalue weighted by molar-refractivity contribution is -0.710. The van der Waals surface area contributed by atoms with E-state index in [1.165, 1.54) is 5.01 Å². The molecule has 1 aliphatic rings. The minimum atomic E-state index is -0.0583. The molecule has 10 heteroatoms. The monoisotopic (exact) mass is 348 g/mol. The van der Waals surface area contributed by atoms with Crippen LogP contribution in [0.4, 0.5) is 0 Å². The Bertz CT molecular complexity index is 355. The van der Waals surface area contributed by atoms with Gasteiger partial charge in [-0.15, -0.1) is 10.0 Å². The van der Waals surface area contributed by atoms with Gasteiger partial charge >= 0.3 is 0 Å². The van der Waals surface area contributed by atoms with E-state index in [9.17, 15) is 10.4 Å². The summed E-state index contributed by atoms with van der Waals surface area (Å²) in [7, 11) is 0. The third kappa shape index (κ3) is 9.90. The lowest BCUT2D eigenvalue weighted by atomic mass is 10.4. The Morgan fingerprint density at radius 3 is 1.83 bits per heavy atom. The topological polar surface area (TPSA) is 102 Å². The zero-order valence-corrected chi connectivity index (χ0v) is 15.7. The molecule has 10 nitrogen and oxygen atoms in total. The molecule has 0 aromatic heterocycles. The summed E-state index contributed by atoms with van der Waals surface area (Å²) >= 11 is 0. The Hall–Kier alpha value is -2.00. The first-order chi connectivity index (χ1) is 11.3. The highest BCUT2D eigenvalue weighted by molar-refractivity contribution is 4.55. The number of hydrogen-bond acceptors (Lipinski definition) is 6. The minimum absolute atomic E-state index is 0.0379. The molecule has 0 aliphatic carbocycles. The Morgan fingerprint density at radius 2 is 1.42 bits per heavy atom. The number of nitrogens with zero attached hydrogens (tertiary/aromatic N) is 6. The normalized spacial score (nSPS) is 15.4. The van der Waals surface area contributed by atoms with E-state index in [0.29, 0.717) is 23.0 Å². The third-order valence-electron chi connectivity index (χ3n) is 2.95. The quantitative estimate of drug-likeness (QED) is 0.380. The van der Waals surface area contributed by atoms with Crippen molar-refractivity contribution in [1.82, 2.24) is 10.0 Å². The van der Waals surface area contributed by atoms with Crippen LogP contribution in [0.1, 0.15) is 54.4 Å². The Balaban J connectivity index is 0.000000441. The van der Waals surface area contributed by atoms with Gasteiger partial charge < -0.3 is 20.1 Å². The zero-order chi connectivity index (χ0) is 18.5. The van der Waals surface area contributed by atoms with Crippen molar-refractivity contribution in [3.8, 4) is 0 Å². The molecule has 0 saturated carbocycles. The van der Waals surface area contributed by atoms with Gasteiger partial charge in [0.05, 0.1) is 36.1 Å². The highest BCUT2D eigenvalue weighted by atomic mass is 16.7. The Morgan fingerprint density at radius 1 is 0.958 bits per heavy atom. The molecule has 0 aromatic rings. The first kappa shape index (κ1) is 22.0. The fourth-order valence-corrected chi connectivity index (χ4v) is 1.71. The SMILES string of the molecule is CC(C)O/N=[N+](\[O-])N1CCCC1.CCN(CC)/[N+]([O-])=N/OC(C)C. The summed E-state index contributed by atoms with van der Waals surface area (Å²) < 4.78 is 0. The van der Waals surface area contributed by atoms with Gasteiger partial charge in [-0.3, -0.25) is 0 Å². The van der Waals surface area contributed by atoms with E-state index in [1.807, 2.05) is 41.5 Å². The zero-order valence-electron chi connectivity index (χ0n) is 15.7. The van der Waals surface area contributed by atoms with Gasteiger partial charge in [0.25, 0.3) is 0 Å². The van der Waals surface area contributed by atoms with E-state index >= 15 is 0 Å². The number of rotatable bonds is 8. The van der Waals surface area contributed by atoms with Crippen LogP contribution in [0.2, 0.25) is 0 Å². The van der Waals surface area contributed by atoms with Gasteiger partial charge in [-0.05, 0) is 54.4 Å². The highest BCUT2D eigenvalue weighted by Gasteiger charge is 2.18. The molecule has 1 aliphatic heterocycles. The number of hydrazine groups is 2. The average Bonchev–Trinajstić information content (AvgIpc) is 3.07. The number of hydrogen-bond donors (Lipinski definition) is 0. The molecule has 0 radical (unpaired) electrons. The van der Waals surface area contributed by atoms with Crippen LogP contribution in [0.15, 0.2) is 10.6 Å². The summed E-state index contributed by atoms with van der Waals surface area (Å²) in [6, 6.07) is 0. The van der Waals surface area contributed by atoms with Crippen molar-refractivity contribution in [3.63, 3.8) is 0 Å². The van der Waals surface area contributed by atoms with Crippen molar-refractivity contribution < 1.29 is 19.6 Å². The minimum Gasteiger partial charge on any atom is -0.569 e. The van der Waals surface area contributed by atoms with E-state index in [-0.39, 0.29) is 12.2 Å². The van der Waals surface area contributed by atoms with E-state index in [2.05, 4.69) is 10.6 Å². The summed E-state index contributed by atoms with van der Waals surface area (Å²) in [6.07, 6.45) is 2.03. The molecular weight excluding hydrogens is 316 g/mol. The second kappa shape index (κ2) is 12.4. The second-order valence-corrected chi connectivity index (χ2v) is 5.78. The summed E-state index contributed by atoms with van der Waals surface area (Å²) in [4.78, 5) is 10.6. The maximum absolute atomic E-state index is 11.1. The highest BCUT2D eigenvalue weighted by Crippen LogP contribution is 2.07. The van der Waals surface area contributed by atoms with Gasteiger partial charge in [-0.1, -0.05) is 0 Å². The van der Waals surface area contributed by atoms with Crippen molar-refractivity contribution in [2.75, 3.05) is 26.2 Å². The van der Waals surface area contributed by atoms with Gasteiger partial charge in [0.15, 0.2) is 0 Å². The summed E-state index contributed by atoms with van der Waals surface area (Å²) in [5, 5.41) is 32.1. The van der Waals surface area contributed by atoms with E-state index in [0.717, 1.165) is 25.9 Å². The van der Waals surface area contributed by atoms with E-state index in [1.54, 1.807) is 5.01 Å². The van der Waals surface area contributed by atoms with E-state index < -0.39 is 0 Å². The van der Waals surface area contributed by atoms with Crippen LogP contribution >= 0.6 is 0 Å². The molecule has 142 valence electrons. The molecule has 0 bridgehead atoms. The van der Waals surface area contributed by atoms with Crippen LogP contribution in [0, 0.1) is 10.4 Å². The van der Waals surface area contributed by atoms with Crippen LogP contribution in [0.5, 0.6) is 0 Å². The molecule has 0 aromatic carbocycles. The summed E-state index contributed by atoms with van der Waals surface area (Å²) in [6.45, 7) is 13.9. The van der Waals surface area contributed by atoms with Gasteiger partial charge in [0.1, 0.15) is 12.2 Å². The van der Waals surface area contributed by atoms with Gasteiger partial charge in [-0.2, -0.15) is 0 Å². The average molecular weight is 348 g/mol.